The Morgan fingerprint density at radius 2 is 1.74 bits per heavy atom. The first kappa shape index (κ1) is 17.4. The summed E-state index contributed by atoms with van der Waals surface area (Å²) in [5.74, 6) is -2.84. The van der Waals surface area contributed by atoms with Gasteiger partial charge in [0.25, 0.3) is 0 Å². The molecule has 2 aliphatic carbocycles. The number of phenols is 2. The third-order valence-electron chi connectivity index (χ3n) is 5.40. The Morgan fingerprint density at radius 1 is 1.04 bits per heavy atom. The number of hydrogen-bond donors (Lipinski definition) is 3. The average molecular weight is 368 g/mol. The summed E-state index contributed by atoms with van der Waals surface area (Å²) >= 11 is 0. The summed E-state index contributed by atoms with van der Waals surface area (Å²) in [6.45, 7) is 1.31. The van der Waals surface area contributed by atoms with E-state index in [4.69, 9.17) is 4.74 Å². The lowest BCUT2D eigenvalue weighted by atomic mass is 9.73. The number of ketones is 3. The fraction of sp³-hybridized carbons (Fsp3) is 0.250. The second-order valence-corrected chi connectivity index (χ2v) is 6.94. The van der Waals surface area contributed by atoms with Gasteiger partial charge in [-0.25, -0.2) is 0 Å². The molecule has 0 fully saturated rings. The average Bonchev–Trinajstić information content (AvgIpc) is 2.62. The second kappa shape index (κ2) is 5.48. The van der Waals surface area contributed by atoms with E-state index in [0.29, 0.717) is 0 Å². The van der Waals surface area contributed by atoms with E-state index in [1.54, 1.807) is 0 Å². The molecule has 0 aliphatic heterocycles. The van der Waals surface area contributed by atoms with Crippen molar-refractivity contribution < 1.29 is 34.4 Å². The first-order valence-electron chi connectivity index (χ1n) is 8.30. The number of methoxy groups -OCH3 is 1. The van der Waals surface area contributed by atoms with Crippen LogP contribution in [0.5, 0.6) is 11.5 Å². The number of aromatic hydroxyl groups is 2. The van der Waals surface area contributed by atoms with E-state index in [-0.39, 0.29) is 45.6 Å². The lowest BCUT2D eigenvalue weighted by Crippen LogP contribution is -2.52. The number of aliphatic hydroxyl groups is 1. The van der Waals surface area contributed by atoms with E-state index in [2.05, 4.69) is 0 Å². The van der Waals surface area contributed by atoms with Crippen LogP contribution in [0, 0.1) is 0 Å². The van der Waals surface area contributed by atoms with Gasteiger partial charge >= 0.3 is 0 Å². The molecule has 138 valence electrons. The SMILES string of the molecule is COC1Cc2c(cc3c(c2O)C(=O)c2c(O)cccc2C3=O)C(=O)C1(C)O. The minimum absolute atomic E-state index is 0.00311. The zero-order chi connectivity index (χ0) is 19.7. The van der Waals surface area contributed by atoms with Gasteiger partial charge in [0.15, 0.2) is 17.2 Å². The summed E-state index contributed by atoms with van der Waals surface area (Å²) in [7, 11) is 1.33. The van der Waals surface area contributed by atoms with Crippen molar-refractivity contribution in [2.45, 2.75) is 25.0 Å². The van der Waals surface area contributed by atoms with E-state index in [9.17, 15) is 29.7 Å². The number of hydrogen-bond acceptors (Lipinski definition) is 7. The Labute approximate surface area is 153 Å². The van der Waals surface area contributed by atoms with Gasteiger partial charge in [-0.2, -0.15) is 0 Å². The monoisotopic (exact) mass is 368 g/mol. The van der Waals surface area contributed by atoms with Crippen LogP contribution in [0.15, 0.2) is 24.3 Å². The molecule has 4 rings (SSSR count). The number of fused-ring (bicyclic) bond motifs is 3. The van der Waals surface area contributed by atoms with Crippen molar-refractivity contribution in [2.24, 2.45) is 0 Å². The van der Waals surface area contributed by atoms with Crippen LogP contribution in [-0.4, -0.2) is 51.5 Å². The van der Waals surface area contributed by atoms with Gasteiger partial charge in [-0.15, -0.1) is 0 Å². The van der Waals surface area contributed by atoms with Crippen LogP contribution in [-0.2, 0) is 11.2 Å². The van der Waals surface area contributed by atoms with Crippen molar-refractivity contribution in [3.63, 3.8) is 0 Å². The molecule has 0 aromatic heterocycles. The zero-order valence-corrected chi connectivity index (χ0v) is 14.6. The summed E-state index contributed by atoms with van der Waals surface area (Å²) in [4.78, 5) is 38.5. The molecule has 7 heteroatoms. The molecular formula is C20H16O7. The Balaban J connectivity index is 2.01. The molecule has 2 unspecified atom stereocenters. The van der Waals surface area contributed by atoms with Gasteiger partial charge in [-0.3, -0.25) is 14.4 Å². The lowest BCUT2D eigenvalue weighted by molar-refractivity contribution is -0.0625. The van der Waals surface area contributed by atoms with Crippen LogP contribution in [0.2, 0.25) is 0 Å². The Bertz CT molecular complexity index is 1050. The molecule has 2 aromatic carbocycles. The molecule has 0 bridgehead atoms. The predicted molar refractivity (Wildman–Crippen MR) is 92.5 cm³/mol. The minimum Gasteiger partial charge on any atom is -0.507 e. The highest BCUT2D eigenvalue weighted by Gasteiger charge is 2.48. The third kappa shape index (κ3) is 2.12. The number of carbonyl (C=O) groups is 3. The minimum atomic E-state index is -1.83. The third-order valence-corrected chi connectivity index (χ3v) is 5.40. The quantitative estimate of drug-likeness (QED) is 0.593. The molecule has 0 amide bonds. The van der Waals surface area contributed by atoms with Crippen LogP contribution in [0.3, 0.4) is 0 Å². The predicted octanol–water partition coefficient (Wildman–Crippen LogP) is 1.38. The van der Waals surface area contributed by atoms with Crippen molar-refractivity contribution in [3.05, 3.63) is 57.6 Å². The standard InChI is InChI=1S/C20H16O7/c1-20(26)13(27-2)7-9-10(19(20)25)6-11-15(17(9)23)18(24)14-8(16(11)22)4-3-5-12(14)21/h3-6,13,21,23,26H,7H2,1-2H3. The molecule has 2 aliphatic rings. The van der Waals surface area contributed by atoms with Crippen molar-refractivity contribution in [1.82, 2.24) is 0 Å². The van der Waals surface area contributed by atoms with E-state index in [1.807, 2.05) is 0 Å². The maximum Gasteiger partial charge on any atom is 0.201 e. The van der Waals surface area contributed by atoms with E-state index < -0.39 is 34.8 Å². The molecule has 2 aromatic rings. The molecule has 7 nitrogen and oxygen atoms in total. The molecule has 0 radical (unpaired) electrons. The summed E-state index contributed by atoms with van der Waals surface area (Å²) in [6.07, 6.45) is -0.935. The maximum atomic E-state index is 12.9. The lowest BCUT2D eigenvalue weighted by Gasteiger charge is -2.36. The number of ether oxygens (including phenoxy) is 1. The highest BCUT2D eigenvalue weighted by atomic mass is 16.5. The van der Waals surface area contributed by atoms with Crippen molar-refractivity contribution >= 4 is 17.3 Å². The fourth-order valence-electron chi connectivity index (χ4n) is 3.88. The summed E-state index contributed by atoms with van der Waals surface area (Å²) in [5.41, 5.74) is -2.28. The van der Waals surface area contributed by atoms with Crippen LogP contribution in [0.25, 0.3) is 0 Å². The Kier molecular flexibility index (Phi) is 3.53. The molecule has 2 atom stereocenters. The number of phenolic OH excluding ortho intramolecular Hbond substituents is 2. The van der Waals surface area contributed by atoms with Crippen molar-refractivity contribution in [1.29, 1.82) is 0 Å². The zero-order valence-electron chi connectivity index (χ0n) is 14.6. The van der Waals surface area contributed by atoms with Gasteiger partial charge in [0.2, 0.25) is 5.78 Å². The largest absolute Gasteiger partial charge is 0.507 e. The highest BCUT2D eigenvalue weighted by molar-refractivity contribution is 6.31. The van der Waals surface area contributed by atoms with Crippen LogP contribution in [0.4, 0.5) is 0 Å². The van der Waals surface area contributed by atoms with Gasteiger partial charge in [0.05, 0.1) is 17.2 Å². The summed E-state index contributed by atoms with van der Waals surface area (Å²) in [6, 6.07) is 5.35. The number of rotatable bonds is 1. The molecule has 0 heterocycles. The molecular weight excluding hydrogens is 352 g/mol. The Hall–Kier alpha value is -3.03. The normalized spacial score (nSPS) is 23.7. The summed E-state index contributed by atoms with van der Waals surface area (Å²) < 4.78 is 5.18. The van der Waals surface area contributed by atoms with Gasteiger partial charge in [0, 0.05) is 35.8 Å². The first-order valence-corrected chi connectivity index (χ1v) is 8.30. The Morgan fingerprint density at radius 3 is 2.41 bits per heavy atom. The van der Waals surface area contributed by atoms with Crippen LogP contribution in [0.1, 0.15) is 54.7 Å². The molecule has 3 N–H and O–H groups in total. The number of benzene rings is 2. The van der Waals surface area contributed by atoms with Crippen molar-refractivity contribution in [3.8, 4) is 11.5 Å². The molecule has 0 saturated carbocycles. The second-order valence-electron chi connectivity index (χ2n) is 6.94. The molecule has 0 saturated heterocycles. The van der Waals surface area contributed by atoms with Gasteiger partial charge in [-0.1, -0.05) is 12.1 Å². The van der Waals surface area contributed by atoms with Crippen LogP contribution < -0.4 is 0 Å². The first-order chi connectivity index (χ1) is 12.7. The smallest absolute Gasteiger partial charge is 0.201 e. The van der Waals surface area contributed by atoms with Gasteiger partial charge in [-0.05, 0) is 19.1 Å². The van der Waals surface area contributed by atoms with Crippen molar-refractivity contribution in [2.75, 3.05) is 7.11 Å². The molecule has 0 spiro atoms. The topological polar surface area (TPSA) is 121 Å². The van der Waals surface area contributed by atoms with Crippen LogP contribution >= 0.6 is 0 Å². The van der Waals surface area contributed by atoms with E-state index in [1.165, 1.54) is 38.3 Å². The van der Waals surface area contributed by atoms with E-state index >= 15 is 0 Å². The maximum absolute atomic E-state index is 12.9. The van der Waals surface area contributed by atoms with Gasteiger partial charge in [0.1, 0.15) is 11.5 Å². The number of Topliss-reactive ketones (excluding diaryl/α,β-unsaturated/α-hetero) is 1. The number of carbonyl (C=O) groups excluding carboxylic acids is 3. The highest BCUT2D eigenvalue weighted by Crippen LogP contribution is 2.43. The van der Waals surface area contributed by atoms with E-state index in [0.717, 1.165) is 0 Å². The molecule has 27 heavy (non-hydrogen) atoms. The van der Waals surface area contributed by atoms with Gasteiger partial charge < -0.3 is 20.1 Å². The fourth-order valence-corrected chi connectivity index (χ4v) is 3.88. The summed E-state index contributed by atoms with van der Waals surface area (Å²) in [5, 5.41) is 31.3.